The summed E-state index contributed by atoms with van der Waals surface area (Å²) in [4.78, 5) is 26.9. The summed E-state index contributed by atoms with van der Waals surface area (Å²) in [6.07, 6.45) is 3.53. The number of piperidine rings is 1. The lowest BCUT2D eigenvalue weighted by Gasteiger charge is -2.31. The Morgan fingerprint density at radius 3 is 2.22 bits per heavy atom. The minimum Gasteiger partial charge on any atom is -0.497 e. The minimum absolute atomic E-state index is 0.00653. The molecule has 0 atom stereocenters. The maximum absolute atomic E-state index is 12.8. The van der Waals surface area contributed by atoms with Crippen molar-refractivity contribution >= 4 is 11.8 Å². The van der Waals surface area contributed by atoms with Crippen LogP contribution in [0.2, 0.25) is 0 Å². The quantitative estimate of drug-likeness (QED) is 0.708. The van der Waals surface area contributed by atoms with Crippen molar-refractivity contribution in [2.75, 3.05) is 33.9 Å². The van der Waals surface area contributed by atoms with Crippen molar-refractivity contribution in [2.45, 2.75) is 39.5 Å². The van der Waals surface area contributed by atoms with Gasteiger partial charge < -0.3 is 19.7 Å². The summed E-state index contributed by atoms with van der Waals surface area (Å²) in [6.45, 7) is 6.28. The second-order valence-electron chi connectivity index (χ2n) is 7.49. The molecule has 6 heteroatoms. The lowest BCUT2D eigenvalue weighted by Crippen LogP contribution is -2.43. The maximum Gasteiger partial charge on any atom is 0.254 e. The summed E-state index contributed by atoms with van der Waals surface area (Å²) >= 11 is 0. The summed E-state index contributed by atoms with van der Waals surface area (Å²) in [7, 11) is 3.13. The normalized spacial score (nSPS) is 14.9. The number of nitrogens with one attached hydrogen (secondary N) is 1. The third kappa shape index (κ3) is 6.15. The van der Waals surface area contributed by atoms with Crippen LogP contribution in [-0.2, 0) is 4.79 Å². The number of benzene rings is 1. The molecule has 0 bridgehead atoms. The van der Waals surface area contributed by atoms with Crippen molar-refractivity contribution in [2.24, 2.45) is 11.8 Å². The molecule has 1 aromatic rings. The summed E-state index contributed by atoms with van der Waals surface area (Å²) in [5.41, 5.74) is 0.544. The largest absolute Gasteiger partial charge is 0.497 e. The second kappa shape index (κ2) is 10.2. The Balaban J connectivity index is 1.86. The number of ether oxygens (including phenoxy) is 2. The van der Waals surface area contributed by atoms with E-state index in [0.29, 0.717) is 48.9 Å². The second-order valence-corrected chi connectivity index (χ2v) is 7.49. The zero-order valence-electron chi connectivity index (χ0n) is 16.9. The van der Waals surface area contributed by atoms with Gasteiger partial charge in [0.05, 0.1) is 14.2 Å². The van der Waals surface area contributed by atoms with Crippen LogP contribution in [0.15, 0.2) is 18.2 Å². The molecular weight excluding hydrogens is 344 g/mol. The molecule has 27 heavy (non-hydrogen) atoms. The van der Waals surface area contributed by atoms with E-state index in [1.54, 1.807) is 37.3 Å². The molecule has 150 valence electrons. The number of hydrogen-bond donors (Lipinski definition) is 1. The Morgan fingerprint density at radius 1 is 1.11 bits per heavy atom. The topological polar surface area (TPSA) is 67.9 Å². The number of rotatable bonds is 8. The van der Waals surface area contributed by atoms with Gasteiger partial charge in [0.25, 0.3) is 5.91 Å². The van der Waals surface area contributed by atoms with E-state index in [4.69, 9.17) is 9.47 Å². The molecule has 1 aromatic carbocycles. The van der Waals surface area contributed by atoms with Gasteiger partial charge >= 0.3 is 0 Å². The van der Waals surface area contributed by atoms with Crippen LogP contribution in [-0.4, -0.2) is 50.6 Å². The average Bonchev–Trinajstić information content (AvgIpc) is 2.69. The molecule has 0 spiro atoms. The number of likely N-dealkylation sites (tertiary alicyclic amines) is 1. The zero-order valence-corrected chi connectivity index (χ0v) is 16.9. The van der Waals surface area contributed by atoms with E-state index in [-0.39, 0.29) is 17.7 Å². The van der Waals surface area contributed by atoms with Gasteiger partial charge in [0, 0.05) is 37.2 Å². The van der Waals surface area contributed by atoms with Gasteiger partial charge in [0.1, 0.15) is 11.5 Å². The first-order valence-electron chi connectivity index (χ1n) is 9.74. The van der Waals surface area contributed by atoms with Gasteiger partial charge in [-0.15, -0.1) is 0 Å². The number of hydrogen-bond acceptors (Lipinski definition) is 4. The molecule has 6 nitrogen and oxygen atoms in total. The van der Waals surface area contributed by atoms with Crippen LogP contribution in [0, 0.1) is 11.8 Å². The summed E-state index contributed by atoms with van der Waals surface area (Å²) < 4.78 is 10.5. The number of methoxy groups -OCH3 is 2. The van der Waals surface area contributed by atoms with E-state index in [1.165, 1.54) is 0 Å². The molecule has 0 aliphatic carbocycles. The molecule has 2 rings (SSSR count). The third-order valence-corrected chi connectivity index (χ3v) is 5.01. The predicted octanol–water partition coefficient (Wildman–Crippen LogP) is 3.11. The van der Waals surface area contributed by atoms with Crippen LogP contribution in [0.4, 0.5) is 0 Å². The van der Waals surface area contributed by atoms with E-state index in [2.05, 4.69) is 19.2 Å². The van der Waals surface area contributed by atoms with Crippen LogP contribution in [0.25, 0.3) is 0 Å². The number of amides is 2. The van der Waals surface area contributed by atoms with Gasteiger partial charge in [0.15, 0.2) is 0 Å². The van der Waals surface area contributed by atoms with Gasteiger partial charge in [-0.3, -0.25) is 9.59 Å². The molecule has 1 fully saturated rings. The SMILES string of the molecule is COc1cc(OC)cc(C(=O)N2CCC(C(=O)NCCCC(C)C)CC2)c1. The van der Waals surface area contributed by atoms with Crippen LogP contribution in [0.1, 0.15) is 49.9 Å². The van der Waals surface area contributed by atoms with E-state index in [9.17, 15) is 9.59 Å². The first kappa shape index (κ1) is 21.1. The van der Waals surface area contributed by atoms with Crippen LogP contribution < -0.4 is 14.8 Å². The molecule has 2 amide bonds. The highest BCUT2D eigenvalue weighted by Crippen LogP contribution is 2.25. The van der Waals surface area contributed by atoms with Crippen LogP contribution in [0.5, 0.6) is 11.5 Å². The Labute approximate surface area is 162 Å². The van der Waals surface area contributed by atoms with Gasteiger partial charge in [-0.05, 0) is 43.7 Å². The van der Waals surface area contributed by atoms with Crippen molar-refractivity contribution < 1.29 is 19.1 Å². The zero-order chi connectivity index (χ0) is 19.8. The molecule has 0 unspecified atom stereocenters. The molecule has 0 saturated carbocycles. The molecule has 1 heterocycles. The average molecular weight is 376 g/mol. The fourth-order valence-electron chi connectivity index (χ4n) is 3.32. The van der Waals surface area contributed by atoms with Crippen LogP contribution >= 0.6 is 0 Å². The smallest absolute Gasteiger partial charge is 0.254 e. The Morgan fingerprint density at radius 2 is 1.70 bits per heavy atom. The summed E-state index contributed by atoms with van der Waals surface area (Å²) in [5.74, 6) is 1.90. The predicted molar refractivity (Wildman–Crippen MR) is 105 cm³/mol. The monoisotopic (exact) mass is 376 g/mol. The van der Waals surface area contributed by atoms with Gasteiger partial charge in [-0.2, -0.15) is 0 Å². The molecule has 0 radical (unpaired) electrons. The lowest BCUT2D eigenvalue weighted by molar-refractivity contribution is -0.126. The maximum atomic E-state index is 12.8. The fourth-order valence-corrected chi connectivity index (χ4v) is 3.32. The number of nitrogens with zero attached hydrogens (tertiary/aromatic N) is 1. The van der Waals surface area contributed by atoms with Gasteiger partial charge in [-0.25, -0.2) is 0 Å². The first-order valence-corrected chi connectivity index (χ1v) is 9.74. The molecule has 1 aliphatic rings. The highest BCUT2D eigenvalue weighted by molar-refractivity contribution is 5.95. The van der Waals surface area contributed by atoms with E-state index >= 15 is 0 Å². The van der Waals surface area contributed by atoms with Crippen LogP contribution in [0.3, 0.4) is 0 Å². The highest BCUT2D eigenvalue weighted by Gasteiger charge is 2.28. The summed E-state index contributed by atoms with van der Waals surface area (Å²) in [5, 5.41) is 3.04. The van der Waals surface area contributed by atoms with Gasteiger partial charge in [-0.1, -0.05) is 13.8 Å². The summed E-state index contributed by atoms with van der Waals surface area (Å²) in [6, 6.07) is 5.18. The van der Waals surface area contributed by atoms with Crippen molar-refractivity contribution in [3.8, 4) is 11.5 Å². The molecule has 1 N–H and O–H groups in total. The van der Waals surface area contributed by atoms with Crippen molar-refractivity contribution in [1.29, 1.82) is 0 Å². The van der Waals surface area contributed by atoms with Crippen molar-refractivity contribution in [3.05, 3.63) is 23.8 Å². The number of carbonyl (C=O) groups is 2. The van der Waals surface area contributed by atoms with E-state index in [1.807, 2.05) is 0 Å². The third-order valence-electron chi connectivity index (χ3n) is 5.01. The molecular formula is C21H32N2O4. The van der Waals surface area contributed by atoms with E-state index < -0.39 is 0 Å². The highest BCUT2D eigenvalue weighted by atomic mass is 16.5. The lowest BCUT2D eigenvalue weighted by atomic mass is 9.95. The Hall–Kier alpha value is -2.24. The van der Waals surface area contributed by atoms with Gasteiger partial charge in [0.2, 0.25) is 5.91 Å². The fraction of sp³-hybridized carbons (Fsp3) is 0.619. The minimum atomic E-state index is -0.0528. The standard InChI is InChI=1S/C21H32N2O4/c1-15(2)6-5-9-22-20(24)16-7-10-23(11-8-16)21(25)17-12-18(26-3)14-19(13-17)27-4/h12-16H,5-11H2,1-4H3,(H,22,24). The Bertz CT molecular complexity index is 615. The van der Waals surface area contributed by atoms with E-state index in [0.717, 1.165) is 19.4 Å². The molecule has 1 aliphatic heterocycles. The van der Waals surface area contributed by atoms with Crippen molar-refractivity contribution in [3.63, 3.8) is 0 Å². The Kier molecular flexibility index (Phi) is 7.95. The van der Waals surface area contributed by atoms with Crippen molar-refractivity contribution in [1.82, 2.24) is 10.2 Å². The molecule has 1 saturated heterocycles. The number of carbonyl (C=O) groups excluding carboxylic acids is 2. The molecule has 0 aromatic heterocycles. The first-order chi connectivity index (χ1) is 12.9.